The van der Waals surface area contributed by atoms with E-state index in [0.717, 1.165) is 95.0 Å². The first kappa shape index (κ1) is 33.8. The van der Waals surface area contributed by atoms with Crippen LogP contribution in [0.2, 0.25) is 0 Å². The number of carbonyl (C=O) groups is 3. The van der Waals surface area contributed by atoms with Crippen molar-refractivity contribution in [1.29, 1.82) is 0 Å². The molecule has 1 aromatic rings. The second-order valence-corrected chi connectivity index (χ2v) is 10.0. The molecule has 0 atom stereocenters. The van der Waals surface area contributed by atoms with E-state index in [1.54, 1.807) is 6.08 Å². The molecule has 0 saturated heterocycles. The highest BCUT2D eigenvalue weighted by atomic mass is 16.5. The van der Waals surface area contributed by atoms with E-state index < -0.39 is 0 Å². The van der Waals surface area contributed by atoms with E-state index in [-0.39, 0.29) is 30.1 Å². The third-order valence-corrected chi connectivity index (χ3v) is 6.72. The molecule has 0 heterocycles. The SMILES string of the molecule is C=CC(=O)OCCCCCCOc1ccc(C=CC(=O)OC2CCC(OCCCCCCOC(=O)C=C)CC2)cc1. The predicted molar refractivity (Wildman–Crippen MR) is 158 cm³/mol. The van der Waals surface area contributed by atoms with Crippen LogP contribution in [-0.2, 0) is 33.3 Å². The molecule has 1 aromatic carbocycles. The topological polar surface area (TPSA) is 97.4 Å². The maximum Gasteiger partial charge on any atom is 0.331 e. The van der Waals surface area contributed by atoms with Crippen molar-refractivity contribution in [1.82, 2.24) is 0 Å². The fraction of sp³-hybridized carbons (Fsp3) is 0.545. The van der Waals surface area contributed by atoms with Gasteiger partial charge in [-0.15, -0.1) is 0 Å². The van der Waals surface area contributed by atoms with Gasteiger partial charge in [0.2, 0.25) is 0 Å². The Labute approximate surface area is 244 Å². The van der Waals surface area contributed by atoms with Gasteiger partial charge in [-0.2, -0.15) is 0 Å². The summed E-state index contributed by atoms with van der Waals surface area (Å²) in [6.45, 7) is 8.95. The molecule has 0 amide bonds. The highest BCUT2D eigenvalue weighted by Gasteiger charge is 2.23. The predicted octanol–water partition coefficient (Wildman–Crippen LogP) is 6.53. The molecule has 41 heavy (non-hydrogen) atoms. The van der Waals surface area contributed by atoms with Gasteiger partial charge >= 0.3 is 17.9 Å². The van der Waals surface area contributed by atoms with Crippen molar-refractivity contribution in [3.05, 3.63) is 61.2 Å². The summed E-state index contributed by atoms with van der Waals surface area (Å²) in [6.07, 6.45) is 16.8. The number of benzene rings is 1. The minimum absolute atomic E-state index is 0.0665. The summed E-state index contributed by atoms with van der Waals surface area (Å²) in [6, 6.07) is 7.60. The van der Waals surface area contributed by atoms with Gasteiger partial charge in [-0.1, -0.05) is 31.7 Å². The van der Waals surface area contributed by atoms with E-state index in [9.17, 15) is 14.4 Å². The lowest BCUT2D eigenvalue weighted by atomic mass is 9.95. The van der Waals surface area contributed by atoms with Gasteiger partial charge in [-0.3, -0.25) is 0 Å². The molecule has 0 bridgehead atoms. The van der Waals surface area contributed by atoms with Gasteiger partial charge in [-0.25, -0.2) is 14.4 Å². The normalized spacial score (nSPS) is 16.6. The minimum Gasteiger partial charge on any atom is -0.494 e. The van der Waals surface area contributed by atoms with Crippen molar-refractivity contribution in [2.75, 3.05) is 26.4 Å². The number of carbonyl (C=O) groups excluding carboxylic acids is 3. The highest BCUT2D eigenvalue weighted by Crippen LogP contribution is 2.24. The third kappa shape index (κ3) is 16.5. The molecule has 8 nitrogen and oxygen atoms in total. The molecule has 0 N–H and O–H groups in total. The number of ether oxygens (including phenoxy) is 5. The lowest BCUT2D eigenvalue weighted by molar-refractivity contribution is -0.146. The molecular formula is C33H46O8. The Morgan fingerprint density at radius 2 is 1.17 bits per heavy atom. The Morgan fingerprint density at radius 3 is 1.73 bits per heavy atom. The van der Waals surface area contributed by atoms with Crippen LogP contribution in [0.25, 0.3) is 6.08 Å². The van der Waals surface area contributed by atoms with Gasteiger partial charge in [0.15, 0.2) is 0 Å². The minimum atomic E-state index is -0.379. The van der Waals surface area contributed by atoms with Crippen LogP contribution < -0.4 is 4.74 Å². The second kappa shape index (κ2) is 21.4. The fourth-order valence-electron chi connectivity index (χ4n) is 4.38. The average Bonchev–Trinajstić information content (AvgIpc) is 2.99. The molecule has 1 fully saturated rings. The van der Waals surface area contributed by atoms with Crippen LogP contribution in [0.1, 0.15) is 82.6 Å². The van der Waals surface area contributed by atoms with Crippen LogP contribution >= 0.6 is 0 Å². The Morgan fingerprint density at radius 1 is 0.659 bits per heavy atom. The molecule has 0 aromatic heterocycles. The van der Waals surface area contributed by atoms with E-state index in [2.05, 4.69) is 13.2 Å². The standard InChI is InChI=1S/C33H46O8/c1-3-31(34)39-25-11-7-5-9-23-37-28-16-13-27(14-17-28)15-22-33(36)41-30-20-18-29(19-21-30)38-24-10-6-8-12-26-40-32(35)4-2/h3-4,13-17,22,29-30H,1-2,5-12,18-21,23-26H2. The van der Waals surface area contributed by atoms with E-state index in [0.29, 0.717) is 19.8 Å². The molecule has 0 spiro atoms. The van der Waals surface area contributed by atoms with Gasteiger partial charge in [-0.05, 0) is 94.4 Å². The number of esters is 3. The largest absolute Gasteiger partial charge is 0.494 e. The van der Waals surface area contributed by atoms with E-state index in [1.165, 1.54) is 18.2 Å². The third-order valence-electron chi connectivity index (χ3n) is 6.72. The Bertz CT molecular complexity index is 944. The fourth-order valence-corrected chi connectivity index (χ4v) is 4.38. The van der Waals surface area contributed by atoms with Crippen molar-refractivity contribution >= 4 is 24.0 Å². The average molecular weight is 571 g/mol. The Kier molecular flexibility index (Phi) is 17.6. The molecule has 0 unspecified atom stereocenters. The number of rotatable bonds is 21. The van der Waals surface area contributed by atoms with Crippen molar-refractivity contribution in [2.24, 2.45) is 0 Å². The Balaban J connectivity index is 1.50. The van der Waals surface area contributed by atoms with Gasteiger partial charge in [0.1, 0.15) is 11.9 Å². The molecule has 1 saturated carbocycles. The van der Waals surface area contributed by atoms with Gasteiger partial charge in [0.25, 0.3) is 0 Å². The maximum atomic E-state index is 12.3. The van der Waals surface area contributed by atoms with Crippen LogP contribution in [0.3, 0.4) is 0 Å². The zero-order chi connectivity index (χ0) is 29.5. The zero-order valence-electron chi connectivity index (χ0n) is 24.3. The number of unbranched alkanes of at least 4 members (excludes halogenated alkanes) is 6. The molecule has 1 aliphatic rings. The Hall–Kier alpha value is -3.39. The second-order valence-electron chi connectivity index (χ2n) is 10.0. The van der Waals surface area contributed by atoms with Crippen LogP contribution in [0.4, 0.5) is 0 Å². The number of hydrogen-bond acceptors (Lipinski definition) is 8. The summed E-state index contributed by atoms with van der Waals surface area (Å²) in [4.78, 5) is 34.2. The van der Waals surface area contributed by atoms with Crippen LogP contribution in [0, 0.1) is 0 Å². The molecule has 2 rings (SSSR count). The monoisotopic (exact) mass is 570 g/mol. The van der Waals surface area contributed by atoms with E-state index >= 15 is 0 Å². The van der Waals surface area contributed by atoms with Crippen molar-refractivity contribution < 1.29 is 38.1 Å². The van der Waals surface area contributed by atoms with Crippen molar-refractivity contribution in [2.45, 2.75) is 89.3 Å². The first-order valence-corrected chi connectivity index (χ1v) is 14.8. The lowest BCUT2D eigenvalue weighted by Crippen LogP contribution is -2.28. The van der Waals surface area contributed by atoms with Gasteiger partial charge in [0, 0.05) is 24.8 Å². The van der Waals surface area contributed by atoms with E-state index in [1.807, 2.05) is 24.3 Å². The first-order chi connectivity index (χ1) is 20.0. The summed E-state index contributed by atoms with van der Waals surface area (Å²) in [5.41, 5.74) is 0.901. The molecule has 8 heteroatoms. The molecule has 1 aliphatic carbocycles. The van der Waals surface area contributed by atoms with E-state index in [4.69, 9.17) is 23.7 Å². The number of hydrogen-bond donors (Lipinski definition) is 0. The van der Waals surface area contributed by atoms with Crippen molar-refractivity contribution in [3.8, 4) is 5.75 Å². The quantitative estimate of drug-likeness (QED) is 0.0712. The summed E-state index contributed by atoms with van der Waals surface area (Å²) >= 11 is 0. The van der Waals surface area contributed by atoms with Crippen LogP contribution in [-0.4, -0.2) is 56.5 Å². The zero-order valence-corrected chi connectivity index (χ0v) is 24.3. The molecular weight excluding hydrogens is 524 g/mol. The van der Waals surface area contributed by atoms with Crippen LogP contribution in [0.5, 0.6) is 5.75 Å². The highest BCUT2D eigenvalue weighted by molar-refractivity contribution is 5.87. The smallest absolute Gasteiger partial charge is 0.331 e. The summed E-state index contributed by atoms with van der Waals surface area (Å²) < 4.78 is 27.3. The van der Waals surface area contributed by atoms with Gasteiger partial charge in [0.05, 0.1) is 25.9 Å². The lowest BCUT2D eigenvalue weighted by Gasteiger charge is -2.28. The summed E-state index contributed by atoms with van der Waals surface area (Å²) in [7, 11) is 0. The molecule has 0 radical (unpaired) electrons. The molecule has 226 valence electrons. The maximum absolute atomic E-state index is 12.3. The van der Waals surface area contributed by atoms with Crippen molar-refractivity contribution in [3.63, 3.8) is 0 Å². The van der Waals surface area contributed by atoms with Crippen LogP contribution in [0.15, 0.2) is 55.7 Å². The van der Waals surface area contributed by atoms with Gasteiger partial charge < -0.3 is 23.7 Å². The molecule has 0 aliphatic heterocycles. The summed E-state index contributed by atoms with van der Waals surface area (Å²) in [5.74, 6) is -0.288. The summed E-state index contributed by atoms with van der Waals surface area (Å²) in [5, 5.41) is 0. The first-order valence-electron chi connectivity index (χ1n) is 14.8.